The Labute approximate surface area is 128 Å². The number of hydrogen-bond donors (Lipinski definition) is 2. The molecule has 3 nitrogen and oxygen atoms in total. The predicted molar refractivity (Wildman–Crippen MR) is 86.4 cm³/mol. The van der Waals surface area contributed by atoms with Crippen molar-refractivity contribution in [3.05, 3.63) is 35.9 Å². The molecule has 0 radical (unpaired) electrons. The highest BCUT2D eigenvalue weighted by Crippen LogP contribution is 2.29. The average Bonchev–Trinajstić information content (AvgIpc) is 2.56. The molecule has 0 aromatic heterocycles. The van der Waals surface area contributed by atoms with E-state index in [0.717, 1.165) is 6.54 Å². The minimum Gasteiger partial charge on any atom is -0.395 e. The summed E-state index contributed by atoms with van der Waals surface area (Å²) in [6, 6.07) is 10.8. The molecule has 1 fully saturated rings. The quantitative estimate of drug-likeness (QED) is 0.811. The lowest BCUT2D eigenvalue weighted by Crippen LogP contribution is -2.48. The zero-order chi connectivity index (χ0) is 15.1. The number of benzene rings is 1. The smallest absolute Gasteiger partial charge is 0.0558 e. The molecule has 1 aliphatic rings. The molecule has 118 valence electrons. The molecule has 0 bridgehead atoms. The van der Waals surface area contributed by atoms with Crippen LogP contribution in [-0.2, 0) is 5.41 Å². The molecule has 2 N–H and O–H groups in total. The van der Waals surface area contributed by atoms with Crippen LogP contribution in [0.1, 0.15) is 44.6 Å². The lowest BCUT2D eigenvalue weighted by molar-refractivity contribution is 0.0783. The van der Waals surface area contributed by atoms with E-state index in [-0.39, 0.29) is 18.6 Å². The highest BCUT2D eigenvalue weighted by molar-refractivity contribution is 5.25. The molecule has 2 rings (SSSR count). The van der Waals surface area contributed by atoms with E-state index in [0.29, 0.717) is 12.6 Å². The zero-order valence-corrected chi connectivity index (χ0v) is 13.2. The Morgan fingerprint density at radius 2 is 1.76 bits per heavy atom. The molecule has 1 aromatic rings. The molecule has 0 heterocycles. The SMILES string of the molecule is CC(CO)(CN(CCO)C1CCCCC1)c1ccccc1. The van der Waals surface area contributed by atoms with Crippen molar-refractivity contribution in [2.75, 3.05) is 26.3 Å². The van der Waals surface area contributed by atoms with Crippen molar-refractivity contribution in [3.63, 3.8) is 0 Å². The first-order valence-electron chi connectivity index (χ1n) is 8.21. The van der Waals surface area contributed by atoms with Crippen molar-refractivity contribution in [1.82, 2.24) is 4.90 Å². The third kappa shape index (κ3) is 4.29. The van der Waals surface area contributed by atoms with Gasteiger partial charge in [0.25, 0.3) is 0 Å². The third-order valence-electron chi connectivity index (χ3n) is 4.85. The molecule has 0 spiro atoms. The van der Waals surface area contributed by atoms with Crippen LogP contribution in [0.15, 0.2) is 30.3 Å². The fraction of sp³-hybridized carbons (Fsp3) is 0.667. The van der Waals surface area contributed by atoms with Gasteiger partial charge in [0.15, 0.2) is 0 Å². The van der Waals surface area contributed by atoms with E-state index in [2.05, 4.69) is 24.0 Å². The van der Waals surface area contributed by atoms with Gasteiger partial charge in [0.05, 0.1) is 13.2 Å². The van der Waals surface area contributed by atoms with E-state index in [9.17, 15) is 10.2 Å². The van der Waals surface area contributed by atoms with Gasteiger partial charge in [-0.1, -0.05) is 56.5 Å². The second-order valence-corrected chi connectivity index (χ2v) is 6.57. The number of aliphatic hydroxyl groups is 2. The van der Waals surface area contributed by atoms with Gasteiger partial charge in [-0.05, 0) is 18.4 Å². The van der Waals surface area contributed by atoms with Gasteiger partial charge in [0.2, 0.25) is 0 Å². The normalized spacial score (nSPS) is 19.6. The predicted octanol–water partition coefficient (Wildman–Crippen LogP) is 2.56. The van der Waals surface area contributed by atoms with Crippen LogP contribution in [0, 0.1) is 0 Å². The maximum absolute atomic E-state index is 9.97. The van der Waals surface area contributed by atoms with E-state index in [1.807, 2.05) is 18.2 Å². The summed E-state index contributed by atoms with van der Waals surface area (Å²) in [5, 5.41) is 19.4. The standard InChI is InChI=1S/C18H29NO2/c1-18(15-21,16-8-4-2-5-9-16)14-19(12-13-20)17-10-6-3-7-11-17/h2,4-5,8-9,17,20-21H,3,6-7,10-15H2,1H3. The maximum atomic E-state index is 9.97. The van der Waals surface area contributed by atoms with Crippen molar-refractivity contribution < 1.29 is 10.2 Å². The molecule has 1 saturated carbocycles. The molecule has 3 heteroatoms. The van der Waals surface area contributed by atoms with Crippen LogP contribution in [-0.4, -0.2) is 47.5 Å². The summed E-state index contributed by atoms with van der Waals surface area (Å²) in [4.78, 5) is 2.39. The van der Waals surface area contributed by atoms with Crippen LogP contribution in [0.5, 0.6) is 0 Å². The van der Waals surface area contributed by atoms with Crippen molar-refractivity contribution >= 4 is 0 Å². The molecular weight excluding hydrogens is 262 g/mol. The second kappa shape index (κ2) is 7.92. The highest BCUT2D eigenvalue weighted by Gasteiger charge is 2.31. The molecule has 1 aliphatic carbocycles. The largest absolute Gasteiger partial charge is 0.395 e. The minimum absolute atomic E-state index is 0.131. The molecule has 0 amide bonds. The first-order chi connectivity index (χ1) is 10.2. The zero-order valence-electron chi connectivity index (χ0n) is 13.2. The summed E-state index contributed by atoms with van der Waals surface area (Å²) in [7, 11) is 0. The van der Waals surface area contributed by atoms with Gasteiger partial charge in [0.1, 0.15) is 0 Å². The molecule has 1 unspecified atom stereocenters. The molecule has 1 atom stereocenters. The Morgan fingerprint density at radius 3 is 2.33 bits per heavy atom. The summed E-state index contributed by atoms with van der Waals surface area (Å²) in [6.07, 6.45) is 6.34. The first kappa shape index (κ1) is 16.5. The Bertz CT molecular complexity index is 403. The fourth-order valence-corrected chi connectivity index (χ4v) is 3.49. The number of nitrogens with zero attached hydrogens (tertiary/aromatic N) is 1. The van der Waals surface area contributed by atoms with Crippen molar-refractivity contribution in [2.45, 2.75) is 50.5 Å². The first-order valence-corrected chi connectivity index (χ1v) is 8.21. The monoisotopic (exact) mass is 291 g/mol. The summed E-state index contributed by atoms with van der Waals surface area (Å²) in [6.45, 7) is 3.94. The van der Waals surface area contributed by atoms with Gasteiger partial charge in [0, 0.05) is 24.5 Å². The molecule has 1 aromatic carbocycles. The third-order valence-corrected chi connectivity index (χ3v) is 4.85. The van der Waals surface area contributed by atoms with Gasteiger partial charge in [-0.25, -0.2) is 0 Å². The van der Waals surface area contributed by atoms with E-state index in [1.165, 1.54) is 37.7 Å². The number of rotatable bonds is 7. The van der Waals surface area contributed by atoms with E-state index < -0.39 is 0 Å². The van der Waals surface area contributed by atoms with E-state index in [1.54, 1.807) is 0 Å². The summed E-state index contributed by atoms with van der Waals surface area (Å²) in [5.41, 5.74) is 0.902. The number of aliphatic hydroxyl groups excluding tert-OH is 2. The number of hydrogen-bond acceptors (Lipinski definition) is 3. The Morgan fingerprint density at radius 1 is 1.10 bits per heavy atom. The lowest BCUT2D eigenvalue weighted by Gasteiger charge is -2.40. The fourth-order valence-electron chi connectivity index (χ4n) is 3.49. The highest BCUT2D eigenvalue weighted by atomic mass is 16.3. The van der Waals surface area contributed by atoms with Gasteiger partial charge in [-0.3, -0.25) is 4.90 Å². The van der Waals surface area contributed by atoms with Gasteiger partial charge < -0.3 is 10.2 Å². The van der Waals surface area contributed by atoms with Gasteiger partial charge >= 0.3 is 0 Å². The van der Waals surface area contributed by atoms with Crippen LogP contribution in [0.25, 0.3) is 0 Å². The molecule has 21 heavy (non-hydrogen) atoms. The Hall–Kier alpha value is -0.900. The minimum atomic E-state index is -0.270. The second-order valence-electron chi connectivity index (χ2n) is 6.57. The van der Waals surface area contributed by atoms with Crippen molar-refractivity contribution in [3.8, 4) is 0 Å². The summed E-state index contributed by atoms with van der Waals surface area (Å²) in [5.74, 6) is 0. The van der Waals surface area contributed by atoms with Crippen LogP contribution in [0.2, 0.25) is 0 Å². The molecule has 0 aliphatic heterocycles. The van der Waals surface area contributed by atoms with Crippen LogP contribution < -0.4 is 0 Å². The summed E-state index contributed by atoms with van der Waals surface area (Å²) < 4.78 is 0. The van der Waals surface area contributed by atoms with Crippen molar-refractivity contribution in [2.24, 2.45) is 0 Å². The lowest BCUT2D eigenvalue weighted by atomic mass is 9.81. The van der Waals surface area contributed by atoms with Crippen LogP contribution in [0.4, 0.5) is 0 Å². The van der Waals surface area contributed by atoms with Gasteiger partial charge in [-0.15, -0.1) is 0 Å². The van der Waals surface area contributed by atoms with Crippen LogP contribution >= 0.6 is 0 Å². The molecular formula is C18H29NO2. The molecule has 0 saturated heterocycles. The van der Waals surface area contributed by atoms with Crippen LogP contribution in [0.3, 0.4) is 0 Å². The topological polar surface area (TPSA) is 43.7 Å². The maximum Gasteiger partial charge on any atom is 0.0558 e. The Balaban J connectivity index is 2.12. The summed E-state index contributed by atoms with van der Waals surface area (Å²) >= 11 is 0. The van der Waals surface area contributed by atoms with E-state index in [4.69, 9.17) is 0 Å². The van der Waals surface area contributed by atoms with Gasteiger partial charge in [-0.2, -0.15) is 0 Å². The van der Waals surface area contributed by atoms with E-state index >= 15 is 0 Å². The average molecular weight is 291 g/mol. The Kier molecular flexibility index (Phi) is 6.22. The van der Waals surface area contributed by atoms with Crippen molar-refractivity contribution in [1.29, 1.82) is 0 Å².